The van der Waals surface area contributed by atoms with Crippen LogP contribution in [-0.2, 0) is 19.2 Å². The Hall–Kier alpha value is -4.20. The minimum atomic E-state index is -0.922. The van der Waals surface area contributed by atoms with Gasteiger partial charge < -0.3 is 20.4 Å². The molecule has 0 fully saturated rings. The predicted octanol–water partition coefficient (Wildman–Crippen LogP) is 28.2. The average molecular weight is 1290 g/mol. The molecule has 0 radical (unpaired) electrons. The van der Waals surface area contributed by atoms with Gasteiger partial charge >= 0.3 is 23.9 Å². The van der Waals surface area contributed by atoms with Gasteiger partial charge in [0.2, 0.25) is 0 Å². The van der Waals surface area contributed by atoms with E-state index in [-0.39, 0.29) is 0 Å². The lowest BCUT2D eigenvalue weighted by Gasteiger charge is -2.03. The first-order valence-corrected chi connectivity index (χ1v) is 39.3. The maximum Gasteiger partial charge on any atom is 0.328 e. The van der Waals surface area contributed by atoms with Gasteiger partial charge in [-0.15, -0.1) is 0 Å². The fourth-order valence-corrected chi connectivity index (χ4v) is 11.0. The van der Waals surface area contributed by atoms with E-state index < -0.39 is 23.9 Å². The van der Waals surface area contributed by atoms with Crippen molar-refractivity contribution in [3.8, 4) is 0 Å². The zero-order valence-corrected chi connectivity index (χ0v) is 61.1. The summed E-state index contributed by atoms with van der Waals surface area (Å²) < 4.78 is 0. The fraction of sp³-hybridized carbons (Fsp3) is 0.762. The van der Waals surface area contributed by atoms with Crippen LogP contribution in [0.5, 0.6) is 0 Å². The van der Waals surface area contributed by atoms with Gasteiger partial charge in [0.05, 0.1) is 0 Å². The van der Waals surface area contributed by atoms with Gasteiger partial charge in [0.1, 0.15) is 0 Å². The highest BCUT2D eigenvalue weighted by atomic mass is 16.4. The molecule has 0 amide bonds. The first-order chi connectivity index (χ1) is 45.1. The van der Waals surface area contributed by atoms with Crippen LogP contribution in [0, 0.1) is 0 Å². The molecule has 0 aromatic rings. The molecule has 536 valence electrons. The van der Waals surface area contributed by atoms with Crippen LogP contribution in [-0.4, -0.2) is 44.3 Å². The Kier molecular flexibility index (Phi) is 93.2. The summed E-state index contributed by atoms with van der Waals surface area (Å²) >= 11 is 0. The molecule has 8 nitrogen and oxygen atoms in total. The summed E-state index contributed by atoms with van der Waals surface area (Å²) in [6.45, 7) is 9.09. The minimum absolute atomic E-state index is 0.346. The van der Waals surface area contributed by atoms with Crippen molar-refractivity contribution in [1.29, 1.82) is 0 Å². The molecule has 0 aromatic heterocycles. The van der Waals surface area contributed by atoms with E-state index in [4.69, 9.17) is 20.4 Å². The van der Waals surface area contributed by atoms with E-state index >= 15 is 0 Å². The van der Waals surface area contributed by atoms with Crippen LogP contribution in [0.1, 0.15) is 413 Å². The predicted molar refractivity (Wildman–Crippen MR) is 403 cm³/mol. The summed E-state index contributed by atoms with van der Waals surface area (Å²) in [6.07, 6.45) is 108. The Bertz CT molecular complexity index is 1720. The van der Waals surface area contributed by atoms with E-state index in [9.17, 15) is 19.2 Å². The SMILES string of the molecule is CCCCCCCCCCCC=CC=CC=CC=CC(=O)O.CCCCCCCCCCCCCC=CC=CC=CC=CC(=O)O.CCCCCCCCCCCCCCCCCCCC(=O)O.CCCCCCCCCCCCCCCCCCCCCC(=O)O. The molecule has 0 atom stereocenters. The van der Waals surface area contributed by atoms with Crippen molar-refractivity contribution in [3.63, 3.8) is 0 Å². The summed E-state index contributed by atoms with van der Waals surface area (Å²) in [5, 5.41) is 33.9. The molecule has 0 unspecified atom stereocenters. The number of allylic oxidation sites excluding steroid dienone is 14. The molecule has 0 bridgehead atoms. The molecule has 0 rings (SSSR count). The summed E-state index contributed by atoms with van der Waals surface area (Å²) in [6, 6.07) is 0. The van der Waals surface area contributed by atoms with Gasteiger partial charge in [-0.25, -0.2) is 9.59 Å². The minimum Gasteiger partial charge on any atom is -0.481 e. The van der Waals surface area contributed by atoms with Crippen molar-refractivity contribution in [2.24, 2.45) is 0 Å². The Morgan fingerprint density at radius 3 is 0.522 bits per heavy atom. The molecule has 0 saturated carbocycles. The lowest BCUT2D eigenvalue weighted by atomic mass is 10.0. The number of rotatable bonds is 68. The van der Waals surface area contributed by atoms with Gasteiger partial charge in [0.25, 0.3) is 0 Å². The molecular weight excluding hydrogens is 1140 g/mol. The topological polar surface area (TPSA) is 149 Å². The zero-order chi connectivity index (χ0) is 68.0. The third-order valence-corrected chi connectivity index (χ3v) is 16.8. The second-order valence-electron chi connectivity index (χ2n) is 26.0. The Balaban J connectivity index is -0.000000562. The van der Waals surface area contributed by atoms with Crippen molar-refractivity contribution >= 4 is 23.9 Å². The summed E-state index contributed by atoms with van der Waals surface area (Å²) in [5.41, 5.74) is 0. The molecule has 4 N–H and O–H groups in total. The van der Waals surface area contributed by atoms with Gasteiger partial charge in [0.15, 0.2) is 0 Å². The van der Waals surface area contributed by atoms with E-state index in [1.807, 2.05) is 36.5 Å². The zero-order valence-electron chi connectivity index (χ0n) is 61.1. The van der Waals surface area contributed by atoms with Crippen molar-refractivity contribution < 1.29 is 39.6 Å². The number of unbranched alkanes of at least 4 members (excludes halogenated alkanes) is 54. The van der Waals surface area contributed by atoms with Crippen LogP contribution in [0.2, 0.25) is 0 Å². The molecule has 0 aliphatic rings. The van der Waals surface area contributed by atoms with Crippen LogP contribution in [0.25, 0.3) is 0 Å². The maximum atomic E-state index is 10.4. The van der Waals surface area contributed by atoms with E-state index in [0.717, 1.165) is 50.7 Å². The molecule has 0 aliphatic heterocycles. The second kappa shape index (κ2) is 91.0. The quantitative estimate of drug-likeness (QED) is 0.0267. The van der Waals surface area contributed by atoms with Gasteiger partial charge in [-0.05, 0) is 38.5 Å². The smallest absolute Gasteiger partial charge is 0.328 e. The average Bonchev–Trinajstić information content (AvgIpc) is 3.54. The molecule has 92 heavy (non-hydrogen) atoms. The molecule has 0 aliphatic carbocycles. The fourth-order valence-electron chi connectivity index (χ4n) is 11.0. The van der Waals surface area contributed by atoms with Crippen LogP contribution in [0.4, 0.5) is 0 Å². The molecular formula is C84H152O8. The Morgan fingerprint density at radius 2 is 0.348 bits per heavy atom. The van der Waals surface area contributed by atoms with Crippen LogP contribution in [0.3, 0.4) is 0 Å². The van der Waals surface area contributed by atoms with E-state index in [1.165, 1.54) is 346 Å². The highest BCUT2D eigenvalue weighted by molar-refractivity contribution is 5.80. The maximum absolute atomic E-state index is 10.4. The Labute approximate surface area is 570 Å². The highest BCUT2D eigenvalue weighted by Gasteiger charge is 2.01. The van der Waals surface area contributed by atoms with E-state index in [1.54, 1.807) is 12.2 Å². The third kappa shape index (κ3) is 107. The summed E-state index contributed by atoms with van der Waals surface area (Å²) in [5.74, 6) is -3.15. The van der Waals surface area contributed by atoms with Gasteiger partial charge in [0, 0.05) is 25.0 Å². The number of hydrogen-bond donors (Lipinski definition) is 4. The Morgan fingerprint density at radius 1 is 0.196 bits per heavy atom. The van der Waals surface area contributed by atoms with E-state index in [2.05, 4.69) is 52.0 Å². The normalized spacial score (nSPS) is 11.7. The molecule has 0 aromatic carbocycles. The van der Waals surface area contributed by atoms with Crippen molar-refractivity contribution in [3.05, 3.63) is 97.2 Å². The largest absolute Gasteiger partial charge is 0.481 e. The summed E-state index contributed by atoms with van der Waals surface area (Å²) in [7, 11) is 0. The van der Waals surface area contributed by atoms with Gasteiger partial charge in [-0.1, -0.05) is 447 Å². The lowest BCUT2D eigenvalue weighted by Crippen LogP contribution is -1.93. The van der Waals surface area contributed by atoms with Crippen molar-refractivity contribution in [2.75, 3.05) is 0 Å². The molecule has 8 heteroatoms. The molecule has 0 saturated heterocycles. The number of hydrogen-bond acceptors (Lipinski definition) is 4. The highest BCUT2D eigenvalue weighted by Crippen LogP contribution is 2.18. The van der Waals surface area contributed by atoms with Gasteiger partial charge in [-0.3, -0.25) is 9.59 Å². The van der Waals surface area contributed by atoms with Crippen LogP contribution < -0.4 is 0 Å². The lowest BCUT2D eigenvalue weighted by molar-refractivity contribution is -0.138. The monoisotopic (exact) mass is 1290 g/mol. The molecule has 0 spiro atoms. The van der Waals surface area contributed by atoms with Crippen molar-refractivity contribution in [2.45, 2.75) is 413 Å². The number of carbonyl (C=O) groups is 4. The van der Waals surface area contributed by atoms with Crippen LogP contribution >= 0.6 is 0 Å². The number of carboxylic acid groups (broad SMARTS) is 4. The summed E-state index contributed by atoms with van der Waals surface area (Å²) in [4.78, 5) is 41.2. The number of aliphatic carboxylic acids is 4. The first kappa shape index (κ1) is 94.2. The third-order valence-electron chi connectivity index (χ3n) is 16.8. The molecule has 0 heterocycles. The first-order valence-electron chi connectivity index (χ1n) is 39.3. The second-order valence-corrected chi connectivity index (χ2v) is 26.0. The number of carboxylic acids is 4. The van der Waals surface area contributed by atoms with Crippen LogP contribution in [0.15, 0.2) is 97.2 Å². The van der Waals surface area contributed by atoms with Gasteiger partial charge in [-0.2, -0.15) is 0 Å². The van der Waals surface area contributed by atoms with Crippen molar-refractivity contribution in [1.82, 2.24) is 0 Å². The standard InChI is InChI=1S/C22H44O2.C22H36O2.C20H40O2.C20H32O2/c2*1-2-3-4-5-6-7-8-9-10-11-12-13-14-15-16-17-18-19-20-21-22(23)24;2*1-2-3-4-5-6-7-8-9-10-11-12-13-14-15-16-17-18-19-20(21)22/h2-21H2,1H3,(H,23,24);14-21H,2-13H2,1H3,(H,23,24);2-19H2,1H3,(H,21,22);12-19H,2-11H2,1H3,(H,21,22). The van der Waals surface area contributed by atoms with E-state index in [0.29, 0.717) is 12.8 Å².